The molecule has 0 atom stereocenters. The lowest BCUT2D eigenvalue weighted by atomic mass is 10.1. The Balaban J connectivity index is 1.62. The van der Waals surface area contributed by atoms with Crippen molar-refractivity contribution in [3.05, 3.63) is 45.1 Å². The molecule has 0 radical (unpaired) electrons. The summed E-state index contributed by atoms with van der Waals surface area (Å²) in [5.41, 5.74) is 1.78. The zero-order valence-corrected chi connectivity index (χ0v) is 17.8. The molecule has 0 bridgehead atoms. The third-order valence-electron chi connectivity index (χ3n) is 4.08. The molecule has 0 aliphatic rings. The Morgan fingerprint density at radius 2 is 1.82 bits per heavy atom. The molecule has 8 heteroatoms. The molecule has 0 aliphatic carbocycles. The fourth-order valence-electron chi connectivity index (χ4n) is 2.76. The summed E-state index contributed by atoms with van der Waals surface area (Å²) in [5.74, 6) is 1.50. The van der Waals surface area contributed by atoms with Gasteiger partial charge in [-0.2, -0.15) is 0 Å². The van der Waals surface area contributed by atoms with E-state index >= 15 is 0 Å². The zero-order valence-electron chi connectivity index (χ0n) is 16.2. The van der Waals surface area contributed by atoms with E-state index in [1.165, 1.54) is 0 Å². The molecule has 3 rings (SSSR count). The van der Waals surface area contributed by atoms with Gasteiger partial charge in [0.15, 0.2) is 11.5 Å². The quantitative estimate of drug-likeness (QED) is 0.597. The molecule has 1 N–H and O–H groups in total. The van der Waals surface area contributed by atoms with E-state index in [4.69, 9.17) is 14.2 Å². The average molecular weight is 419 g/mol. The number of amides is 1. The van der Waals surface area contributed by atoms with Gasteiger partial charge in [0.25, 0.3) is 0 Å². The van der Waals surface area contributed by atoms with E-state index in [2.05, 4.69) is 10.3 Å². The molecule has 6 nitrogen and oxygen atoms in total. The molecular weight excluding hydrogens is 396 g/mol. The molecule has 0 spiro atoms. The Kier molecular flexibility index (Phi) is 6.53. The standard InChI is InChI=1S/C20H22N2O4S2/c1-12-22-15(11-27-12)18-6-5-14(28-18)10-21-19(23)9-13-7-16(24-2)20(26-4)17(8-13)25-3/h5-8,11H,9-10H2,1-4H3,(H,21,23). The molecular formula is C20H22N2O4S2. The fraction of sp³-hybridized carbons (Fsp3) is 0.300. The number of nitrogens with one attached hydrogen (secondary N) is 1. The van der Waals surface area contributed by atoms with Crippen LogP contribution in [0.5, 0.6) is 17.2 Å². The van der Waals surface area contributed by atoms with Gasteiger partial charge in [0.05, 0.1) is 49.9 Å². The molecule has 0 saturated heterocycles. The maximum atomic E-state index is 12.4. The number of hydrogen-bond acceptors (Lipinski definition) is 7. The molecule has 148 valence electrons. The number of aryl methyl sites for hydroxylation is 1. The van der Waals surface area contributed by atoms with Gasteiger partial charge >= 0.3 is 0 Å². The van der Waals surface area contributed by atoms with E-state index in [1.807, 2.05) is 24.4 Å². The molecule has 2 heterocycles. The first-order valence-corrected chi connectivity index (χ1v) is 10.3. The number of thiazole rings is 1. The highest BCUT2D eigenvalue weighted by Gasteiger charge is 2.15. The van der Waals surface area contributed by atoms with E-state index in [1.54, 1.807) is 56.1 Å². The van der Waals surface area contributed by atoms with Crippen LogP contribution in [0.3, 0.4) is 0 Å². The van der Waals surface area contributed by atoms with Crippen molar-refractivity contribution < 1.29 is 19.0 Å². The lowest BCUT2D eigenvalue weighted by Crippen LogP contribution is -2.24. The Morgan fingerprint density at radius 3 is 2.39 bits per heavy atom. The summed E-state index contributed by atoms with van der Waals surface area (Å²) >= 11 is 3.27. The largest absolute Gasteiger partial charge is 0.493 e. The lowest BCUT2D eigenvalue weighted by molar-refractivity contribution is -0.120. The Morgan fingerprint density at radius 1 is 1.11 bits per heavy atom. The summed E-state index contributed by atoms with van der Waals surface area (Å²) in [6.07, 6.45) is 0.222. The maximum absolute atomic E-state index is 12.4. The van der Waals surface area contributed by atoms with Crippen LogP contribution in [0.2, 0.25) is 0 Å². The second kappa shape index (κ2) is 9.07. The highest BCUT2D eigenvalue weighted by atomic mass is 32.1. The van der Waals surface area contributed by atoms with E-state index in [0.717, 1.165) is 26.0 Å². The van der Waals surface area contributed by atoms with Crippen LogP contribution in [0, 0.1) is 6.92 Å². The van der Waals surface area contributed by atoms with Gasteiger partial charge in [-0.15, -0.1) is 22.7 Å². The Labute approximate surface area is 172 Å². The normalized spacial score (nSPS) is 10.6. The van der Waals surface area contributed by atoms with E-state index in [-0.39, 0.29) is 12.3 Å². The highest BCUT2D eigenvalue weighted by molar-refractivity contribution is 7.16. The molecule has 2 aromatic heterocycles. The number of hydrogen-bond donors (Lipinski definition) is 1. The number of rotatable bonds is 8. The Hall–Kier alpha value is -2.58. The molecule has 0 aliphatic heterocycles. The lowest BCUT2D eigenvalue weighted by Gasteiger charge is -2.14. The van der Waals surface area contributed by atoms with Gasteiger partial charge in [0.1, 0.15) is 0 Å². The van der Waals surface area contributed by atoms with Crippen LogP contribution in [0.15, 0.2) is 29.6 Å². The van der Waals surface area contributed by atoms with E-state index in [0.29, 0.717) is 23.8 Å². The van der Waals surface area contributed by atoms with Crippen LogP contribution >= 0.6 is 22.7 Å². The predicted molar refractivity (Wildman–Crippen MR) is 112 cm³/mol. The molecule has 0 saturated carbocycles. The summed E-state index contributed by atoms with van der Waals surface area (Å²) in [6, 6.07) is 7.64. The zero-order chi connectivity index (χ0) is 20.1. The smallest absolute Gasteiger partial charge is 0.224 e. The minimum Gasteiger partial charge on any atom is -0.493 e. The van der Waals surface area contributed by atoms with Crippen molar-refractivity contribution in [2.45, 2.75) is 19.9 Å². The molecule has 0 fully saturated rings. The van der Waals surface area contributed by atoms with Crippen LogP contribution in [-0.4, -0.2) is 32.2 Å². The van der Waals surface area contributed by atoms with Crippen LogP contribution in [-0.2, 0) is 17.8 Å². The number of benzene rings is 1. The topological polar surface area (TPSA) is 69.7 Å². The van der Waals surface area contributed by atoms with Gasteiger partial charge in [-0.05, 0) is 36.8 Å². The van der Waals surface area contributed by atoms with Gasteiger partial charge in [0.2, 0.25) is 11.7 Å². The van der Waals surface area contributed by atoms with Crippen LogP contribution in [0.1, 0.15) is 15.4 Å². The van der Waals surface area contributed by atoms with Gasteiger partial charge in [-0.3, -0.25) is 4.79 Å². The number of nitrogens with zero attached hydrogens (tertiary/aromatic N) is 1. The van der Waals surface area contributed by atoms with Gasteiger partial charge in [-0.1, -0.05) is 0 Å². The summed E-state index contributed by atoms with van der Waals surface area (Å²) in [5, 5.41) is 6.06. The van der Waals surface area contributed by atoms with Gasteiger partial charge < -0.3 is 19.5 Å². The third kappa shape index (κ3) is 4.63. The van der Waals surface area contributed by atoms with Crippen LogP contribution < -0.4 is 19.5 Å². The maximum Gasteiger partial charge on any atom is 0.224 e. The second-order valence-corrected chi connectivity index (χ2v) is 8.24. The Bertz CT molecular complexity index is 940. The van der Waals surface area contributed by atoms with Gasteiger partial charge in [0, 0.05) is 10.3 Å². The number of methoxy groups -OCH3 is 3. The van der Waals surface area contributed by atoms with Crippen molar-refractivity contribution in [1.82, 2.24) is 10.3 Å². The van der Waals surface area contributed by atoms with Crippen LogP contribution in [0.25, 0.3) is 10.6 Å². The fourth-order valence-corrected chi connectivity index (χ4v) is 4.35. The van der Waals surface area contributed by atoms with E-state index < -0.39 is 0 Å². The van der Waals surface area contributed by atoms with Crippen molar-refractivity contribution in [1.29, 1.82) is 0 Å². The van der Waals surface area contributed by atoms with Crippen molar-refractivity contribution >= 4 is 28.6 Å². The van der Waals surface area contributed by atoms with Crippen LogP contribution in [0.4, 0.5) is 0 Å². The monoisotopic (exact) mass is 418 g/mol. The molecule has 0 unspecified atom stereocenters. The first-order chi connectivity index (χ1) is 13.5. The number of ether oxygens (including phenoxy) is 3. The number of aromatic nitrogens is 1. The molecule has 3 aromatic rings. The minimum absolute atomic E-state index is 0.0753. The molecule has 1 aromatic carbocycles. The second-order valence-electron chi connectivity index (χ2n) is 6.00. The first kappa shape index (κ1) is 20.2. The van der Waals surface area contributed by atoms with Gasteiger partial charge in [-0.25, -0.2) is 4.98 Å². The molecule has 1 amide bonds. The summed E-state index contributed by atoms with van der Waals surface area (Å²) in [4.78, 5) is 19.1. The van der Waals surface area contributed by atoms with Crippen molar-refractivity contribution in [2.24, 2.45) is 0 Å². The number of thiophene rings is 1. The highest BCUT2D eigenvalue weighted by Crippen LogP contribution is 2.38. The van der Waals surface area contributed by atoms with Crippen molar-refractivity contribution in [3.8, 4) is 27.8 Å². The minimum atomic E-state index is -0.0753. The van der Waals surface area contributed by atoms with Crippen molar-refractivity contribution in [3.63, 3.8) is 0 Å². The first-order valence-electron chi connectivity index (χ1n) is 8.60. The van der Waals surface area contributed by atoms with E-state index in [9.17, 15) is 4.79 Å². The number of carbonyl (C=O) groups is 1. The SMILES string of the molecule is COc1cc(CC(=O)NCc2ccc(-c3csc(C)n3)s2)cc(OC)c1OC. The third-order valence-corrected chi connectivity index (χ3v) is 5.96. The summed E-state index contributed by atoms with van der Waals surface area (Å²) in [6.45, 7) is 2.48. The average Bonchev–Trinajstić information content (AvgIpc) is 3.34. The number of carbonyl (C=O) groups excluding carboxylic acids is 1. The summed E-state index contributed by atoms with van der Waals surface area (Å²) < 4.78 is 16.0. The predicted octanol–water partition coefficient (Wildman–Crippen LogP) is 4.06. The molecule has 28 heavy (non-hydrogen) atoms. The summed E-state index contributed by atoms with van der Waals surface area (Å²) in [7, 11) is 4.66. The van der Waals surface area contributed by atoms with Crippen molar-refractivity contribution in [2.75, 3.05) is 21.3 Å².